The van der Waals surface area contributed by atoms with Gasteiger partial charge < -0.3 is 14.6 Å². The first-order chi connectivity index (χ1) is 14.6. The van der Waals surface area contributed by atoms with Crippen molar-refractivity contribution >= 4 is 17.3 Å². The highest BCUT2D eigenvalue weighted by Crippen LogP contribution is 2.41. The van der Waals surface area contributed by atoms with Gasteiger partial charge in [0.15, 0.2) is 0 Å². The van der Waals surface area contributed by atoms with Crippen molar-refractivity contribution in [1.29, 1.82) is 0 Å². The Labute approximate surface area is 187 Å². The topological polar surface area (TPSA) is 68.7 Å². The number of nitrogens with zero attached hydrogens (tertiary/aromatic N) is 1. The van der Waals surface area contributed by atoms with Crippen LogP contribution in [-0.4, -0.2) is 30.3 Å². The molecular formula is C25H29NO4S. The summed E-state index contributed by atoms with van der Waals surface area (Å²) in [4.78, 5) is 17.2. The zero-order valence-electron chi connectivity index (χ0n) is 18.9. The number of aliphatic carboxylic acids is 1. The molecule has 0 fully saturated rings. The van der Waals surface area contributed by atoms with E-state index in [0.29, 0.717) is 5.75 Å². The number of carboxylic acids is 1. The van der Waals surface area contributed by atoms with Crippen molar-refractivity contribution in [3.63, 3.8) is 0 Å². The van der Waals surface area contributed by atoms with Crippen molar-refractivity contribution in [2.45, 2.75) is 45.4 Å². The van der Waals surface area contributed by atoms with Crippen molar-refractivity contribution in [3.05, 3.63) is 63.6 Å². The standard InChI is InChI=1S/C25H29NO4S/c1-15-14-26-24(31-15)20(13-23(27)28)19-11-16(7-9-22(19)30-6)18-12-17(25(2,3)4)8-10-21(18)29-5/h7-12,14,20H,13H2,1-6H3,(H,27,28). The SMILES string of the molecule is COc1ccc(C(C)(C)C)cc1-c1ccc(OC)c(C(CC(=O)O)c2ncc(C)s2)c1. The van der Waals surface area contributed by atoms with Gasteiger partial charge in [-0.2, -0.15) is 0 Å². The predicted molar refractivity (Wildman–Crippen MR) is 125 cm³/mol. The number of aromatic nitrogens is 1. The van der Waals surface area contributed by atoms with Crippen molar-refractivity contribution in [3.8, 4) is 22.6 Å². The Bertz CT molecular complexity index is 1080. The number of aryl methyl sites for hydroxylation is 1. The number of methoxy groups -OCH3 is 2. The second kappa shape index (κ2) is 9.10. The summed E-state index contributed by atoms with van der Waals surface area (Å²) < 4.78 is 11.3. The molecule has 0 bridgehead atoms. The molecule has 1 N–H and O–H groups in total. The number of thiazole rings is 1. The van der Waals surface area contributed by atoms with Gasteiger partial charge in [-0.15, -0.1) is 11.3 Å². The van der Waals surface area contributed by atoms with Crippen molar-refractivity contribution < 1.29 is 19.4 Å². The normalized spacial score (nSPS) is 12.5. The first kappa shape index (κ1) is 22.8. The van der Waals surface area contributed by atoms with Gasteiger partial charge in [0.25, 0.3) is 0 Å². The van der Waals surface area contributed by atoms with Crippen LogP contribution in [0.1, 0.15) is 54.1 Å². The summed E-state index contributed by atoms with van der Waals surface area (Å²) in [6.45, 7) is 8.48. The minimum absolute atomic E-state index is 0.0133. The third-order valence-corrected chi connectivity index (χ3v) is 6.32. The number of hydrogen-bond donors (Lipinski definition) is 1. The van der Waals surface area contributed by atoms with Crippen LogP contribution >= 0.6 is 11.3 Å². The van der Waals surface area contributed by atoms with Gasteiger partial charge in [0.05, 0.1) is 26.6 Å². The lowest BCUT2D eigenvalue weighted by atomic mass is 9.84. The van der Waals surface area contributed by atoms with E-state index in [1.165, 1.54) is 16.9 Å². The molecule has 31 heavy (non-hydrogen) atoms. The van der Waals surface area contributed by atoms with Crippen molar-refractivity contribution in [1.82, 2.24) is 4.98 Å². The second-order valence-electron chi connectivity index (χ2n) is 8.58. The van der Waals surface area contributed by atoms with Gasteiger partial charge in [-0.25, -0.2) is 4.98 Å². The number of ether oxygens (including phenoxy) is 2. The van der Waals surface area contributed by atoms with Crippen LogP contribution in [0, 0.1) is 6.92 Å². The highest BCUT2D eigenvalue weighted by Gasteiger charge is 2.25. The third-order valence-electron chi connectivity index (χ3n) is 5.30. The fourth-order valence-electron chi connectivity index (χ4n) is 3.61. The van der Waals surface area contributed by atoms with Gasteiger partial charge >= 0.3 is 5.97 Å². The molecule has 164 valence electrons. The molecule has 0 amide bonds. The molecule has 3 rings (SSSR count). The number of hydrogen-bond acceptors (Lipinski definition) is 5. The van der Waals surface area contributed by atoms with E-state index in [9.17, 15) is 9.90 Å². The van der Waals surface area contributed by atoms with Crippen LogP contribution in [0.2, 0.25) is 0 Å². The van der Waals surface area contributed by atoms with Crippen LogP contribution in [0.3, 0.4) is 0 Å². The summed E-state index contributed by atoms with van der Waals surface area (Å²) in [5, 5.41) is 10.4. The second-order valence-corrected chi connectivity index (χ2v) is 9.85. The van der Waals surface area contributed by atoms with E-state index >= 15 is 0 Å². The molecule has 0 saturated carbocycles. The van der Waals surface area contributed by atoms with Crippen molar-refractivity contribution in [2.75, 3.05) is 14.2 Å². The molecule has 1 atom stereocenters. The third kappa shape index (κ3) is 5.07. The summed E-state index contributed by atoms with van der Waals surface area (Å²) >= 11 is 1.51. The molecule has 0 aliphatic heterocycles. The maximum absolute atomic E-state index is 11.7. The Morgan fingerprint density at radius 3 is 2.32 bits per heavy atom. The minimum Gasteiger partial charge on any atom is -0.496 e. The van der Waals surface area contributed by atoms with Gasteiger partial charge in [0, 0.05) is 22.2 Å². The van der Waals surface area contributed by atoms with Gasteiger partial charge in [-0.05, 0) is 47.7 Å². The van der Waals surface area contributed by atoms with Gasteiger partial charge in [-0.1, -0.05) is 32.9 Å². The molecule has 1 aromatic heterocycles. The zero-order valence-corrected chi connectivity index (χ0v) is 19.7. The molecule has 2 aromatic carbocycles. The molecule has 0 radical (unpaired) electrons. The van der Waals surface area contributed by atoms with Gasteiger partial charge in [0.1, 0.15) is 16.5 Å². The monoisotopic (exact) mass is 439 g/mol. The van der Waals surface area contributed by atoms with Crippen molar-refractivity contribution in [2.24, 2.45) is 0 Å². The largest absolute Gasteiger partial charge is 0.496 e. The number of benzene rings is 2. The van der Waals surface area contributed by atoms with E-state index in [1.807, 2.05) is 31.2 Å². The van der Waals surface area contributed by atoms with E-state index in [-0.39, 0.29) is 11.8 Å². The van der Waals surface area contributed by atoms with Crippen LogP contribution in [0.25, 0.3) is 11.1 Å². The zero-order chi connectivity index (χ0) is 22.8. The Hall–Kier alpha value is -2.86. The fourth-order valence-corrected chi connectivity index (χ4v) is 4.51. The molecule has 0 aliphatic carbocycles. The molecule has 6 heteroatoms. The molecule has 1 heterocycles. The predicted octanol–water partition coefficient (Wildman–Crippen LogP) is 6.04. The summed E-state index contributed by atoms with van der Waals surface area (Å²) in [5.74, 6) is 0.137. The average Bonchev–Trinajstić information content (AvgIpc) is 3.16. The lowest BCUT2D eigenvalue weighted by Crippen LogP contribution is -2.11. The van der Waals surface area contributed by atoms with E-state index in [1.54, 1.807) is 20.4 Å². The number of rotatable bonds is 7. The average molecular weight is 440 g/mol. The Morgan fingerprint density at radius 1 is 1.10 bits per heavy atom. The molecule has 0 saturated heterocycles. The highest BCUT2D eigenvalue weighted by molar-refractivity contribution is 7.11. The first-order valence-electron chi connectivity index (χ1n) is 10.1. The number of carboxylic acid groups (broad SMARTS) is 1. The Morgan fingerprint density at radius 2 is 1.77 bits per heavy atom. The Kier molecular flexibility index (Phi) is 6.70. The smallest absolute Gasteiger partial charge is 0.304 e. The molecule has 0 aliphatic rings. The minimum atomic E-state index is -0.877. The van der Waals surface area contributed by atoms with Gasteiger partial charge in [-0.3, -0.25) is 4.79 Å². The van der Waals surface area contributed by atoms with Crippen LogP contribution in [0.15, 0.2) is 42.6 Å². The van der Waals surface area contributed by atoms with E-state index in [0.717, 1.165) is 32.3 Å². The summed E-state index contributed by atoms with van der Waals surface area (Å²) in [7, 11) is 3.26. The lowest BCUT2D eigenvalue weighted by molar-refractivity contribution is -0.137. The molecule has 5 nitrogen and oxygen atoms in total. The van der Waals surface area contributed by atoms with Crippen LogP contribution in [0.4, 0.5) is 0 Å². The van der Waals surface area contributed by atoms with Crippen LogP contribution in [0.5, 0.6) is 11.5 Å². The lowest BCUT2D eigenvalue weighted by Gasteiger charge is -2.22. The summed E-state index contributed by atoms with van der Waals surface area (Å²) in [6.07, 6.45) is 1.72. The van der Waals surface area contributed by atoms with Gasteiger partial charge in [0.2, 0.25) is 0 Å². The molecule has 0 spiro atoms. The summed E-state index contributed by atoms with van der Waals surface area (Å²) in [6, 6.07) is 12.1. The number of carbonyl (C=O) groups is 1. The maximum Gasteiger partial charge on any atom is 0.304 e. The van der Waals surface area contributed by atoms with Crippen LogP contribution in [-0.2, 0) is 10.2 Å². The first-order valence-corrected chi connectivity index (χ1v) is 11.0. The molecule has 1 unspecified atom stereocenters. The fraction of sp³-hybridized carbons (Fsp3) is 0.360. The maximum atomic E-state index is 11.7. The highest BCUT2D eigenvalue weighted by atomic mass is 32.1. The summed E-state index contributed by atoms with van der Waals surface area (Å²) in [5.41, 5.74) is 3.89. The van der Waals surface area contributed by atoms with E-state index in [4.69, 9.17) is 9.47 Å². The van der Waals surface area contributed by atoms with E-state index in [2.05, 4.69) is 37.9 Å². The molecular weight excluding hydrogens is 410 g/mol. The quantitative estimate of drug-likeness (QED) is 0.486. The Balaban J connectivity index is 2.20. The van der Waals surface area contributed by atoms with E-state index < -0.39 is 11.9 Å². The van der Waals surface area contributed by atoms with Crippen LogP contribution < -0.4 is 9.47 Å². The molecule has 3 aromatic rings.